The second-order valence-corrected chi connectivity index (χ2v) is 2.60. The maximum atomic E-state index is 3.79. The molecule has 0 aromatic carbocycles. The number of aliphatic imine (C=N–C) groups is 1. The van der Waals surface area contributed by atoms with Gasteiger partial charge < -0.3 is 4.99 Å². The van der Waals surface area contributed by atoms with Crippen molar-refractivity contribution in [1.82, 2.24) is 0 Å². The smallest absolute Gasteiger partial charge is 0.0382 e. The SMILES string of the molecule is C=NCCCC(C)CC. The molecule has 9 heavy (non-hydrogen) atoms. The first-order chi connectivity index (χ1) is 4.31. The van der Waals surface area contributed by atoms with Crippen LogP contribution in [-0.2, 0) is 0 Å². The molecule has 0 radical (unpaired) electrons. The largest absolute Gasteiger partial charge is 0.301 e. The van der Waals surface area contributed by atoms with Gasteiger partial charge in [-0.25, -0.2) is 0 Å². The van der Waals surface area contributed by atoms with Gasteiger partial charge in [-0.1, -0.05) is 20.3 Å². The standard InChI is InChI=1S/C8H17N/c1-4-8(2)6-5-7-9-3/h8H,3-7H2,1-2H3. The predicted molar refractivity (Wildman–Crippen MR) is 43.1 cm³/mol. The summed E-state index contributed by atoms with van der Waals surface area (Å²) < 4.78 is 0. The predicted octanol–water partition coefficient (Wildman–Crippen LogP) is 2.51. The minimum atomic E-state index is 0.867. The Hall–Kier alpha value is -0.330. The minimum Gasteiger partial charge on any atom is -0.301 e. The van der Waals surface area contributed by atoms with Crippen LogP contribution in [0.2, 0.25) is 0 Å². The van der Waals surface area contributed by atoms with E-state index in [2.05, 4.69) is 25.6 Å². The van der Waals surface area contributed by atoms with Gasteiger partial charge in [0.2, 0.25) is 0 Å². The summed E-state index contributed by atoms with van der Waals surface area (Å²) in [6, 6.07) is 0. The van der Waals surface area contributed by atoms with Crippen LogP contribution in [0.5, 0.6) is 0 Å². The molecule has 1 unspecified atom stereocenters. The first-order valence-corrected chi connectivity index (χ1v) is 3.73. The van der Waals surface area contributed by atoms with Crippen LogP contribution < -0.4 is 0 Å². The molecule has 0 aliphatic carbocycles. The van der Waals surface area contributed by atoms with Crippen LogP contribution in [0.15, 0.2) is 4.99 Å². The first-order valence-electron chi connectivity index (χ1n) is 3.73. The van der Waals surface area contributed by atoms with Crippen LogP contribution in [0.4, 0.5) is 0 Å². The van der Waals surface area contributed by atoms with Gasteiger partial charge in [0.05, 0.1) is 0 Å². The molecule has 1 heteroatoms. The highest BCUT2D eigenvalue weighted by Crippen LogP contribution is 2.08. The zero-order valence-electron chi connectivity index (χ0n) is 6.56. The Morgan fingerprint density at radius 2 is 2.22 bits per heavy atom. The molecule has 0 bridgehead atoms. The van der Waals surface area contributed by atoms with E-state index in [-0.39, 0.29) is 0 Å². The maximum absolute atomic E-state index is 3.79. The fourth-order valence-corrected chi connectivity index (χ4v) is 0.756. The molecule has 0 saturated heterocycles. The van der Waals surface area contributed by atoms with E-state index >= 15 is 0 Å². The Morgan fingerprint density at radius 3 is 2.67 bits per heavy atom. The van der Waals surface area contributed by atoms with Crippen molar-refractivity contribution in [2.45, 2.75) is 33.1 Å². The summed E-state index contributed by atoms with van der Waals surface area (Å²) in [5.74, 6) is 0.867. The van der Waals surface area contributed by atoms with Gasteiger partial charge in [0.1, 0.15) is 0 Å². The lowest BCUT2D eigenvalue weighted by Gasteiger charge is -2.04. The second kappa shape index (κ2) is 5.80. The van der Waals surface area contributed by atoms with Crippen LogP contribution >= 0.6 is 0 Å². The molecule has 1 nitrogen and oxygen atoms in total. The van der Waals surface area contributed by atoms with E-state index in [9.17, 15) is 0 Å². The van der Waals surface area contributed by atoms with Crippen LogP contribution in [-0.4, -0.2) is 13.3 Å². The van der Waals surface area contributed by atoms with E-state index in [0.29, 0.717) is 0 Å². The highest BCUT2D eigenvalue weighted by Gasteiger charge is 1.95. The van der Waals surface area contributed by atoms with E-state index in [1.807, 2.05) is 0 Å². The molecular formula is C8H17N. The lowest BCUT2D eigenvalue weighted by atomic mass is 10.0. The van der Waals surface area contributed by atoms with Crippen LogP contribution in [0, 0.1) is 5.92 Å². The Kier molecular flexibility index (Phi) is 5.59. The first kappa shape index (κ1) is 8.67. The summed E-state index contributed by atoms with van der Waals surface area (Å²) in [5.41, 5.74) is 0. The summed E-state index contributed by atoms with van der Waals surface area (Å²) in [6.07, 6.45) is 3.80. The Bertz CT molecular complexity index is 69.0. The van der Waals surface area contributed by atoms with Crippen molar-refractivity contribution >= 4 is 6.72 Å². The van der Waals surface area contributed by atoms with Gasteiger partial charge in [-0.15, -0.1) is 0 Å². The molecule has 1 atom stereocenters. The minimum absolute atomic E-state index is 0.867. The average molecular weight is 127 g/mol. The molecule has 0 aromatic rings. The summed E-state index contributed by atoms with van der Waals surface area (Å²) in [4.78, 5) is 3.79. The fourth-order valence-electron chi connectivity index (χ4n) is 0.756. The molecule has 0 spiro atoms. The topological polar surface area (TPSA) is 12.4 Å². The van der Waals surface area contributed by atoms with Gasteiger partial charge in [0.25, 0.3) is 0 Å². The lowest BCUT2D eigenvalue weighted by Crippen LogP contribution is -1.92. The third kappa shape index (κ3) is 5.54. The van der Waals surface area contributed by atoms with Crippen molar-refractivity contribution < 1.29 is 0 Å². The Balaban J connectivity index is 2.96. The molecule has 0 N–H and O–H groups in total. The fraction of sp³-hybridized carbons (Fsp3) is 0.875. The van der Waals surface area contributed by atoms with Gasteiger partial charge in [0.15, 0.2) is 0 Å². The zero-order chi connectivity index (χ0) is 7.11. The van der Waals surface area contributed by atoms with Crippen molar-refractivity contribution in [3.8, 4) is 0 Å². The molecule has 0 rings (SSSR count). The maximum Gasteiger partial charge on any atom is 0.0382 e. The van der Waals surface area contributed by atoms with Gasteiger partial charge in [-0.2, -0.15) is 0 Å². The van der Waals surface area contributed by atoms with Gasteiger partial charge in [-0.05, 0) is 25.5 Å². The van der Waals surface area contributed by atoms with Crippen molar-refractivity contribution in [1.29, 1.82) is 0 Å². The molecule has 54 valence electrons. The number of hydrogen-bond donors (Lipinski definition) is 0. The average Bonchev–Trinajstić information content (AvgIpc) is 1.89. The molecule has 0 fully saturated rings. The highest BCUT2D eigenvalue weighted by molar-refractivity contribution is 5.22. The van der Waals surface area contributed by atoms with Gasteiger partial charge >= 0.3 is 0 Å². The molecule has 0 aromatic heterocycles. The van der Waals surface area contributed by atoms with Gasteiger partial charge in [0, 0.05) is 6.54 Å². The third-order valence-corrected chi connectivity index (χ3v) is 1.71. The summed E-state index contributed by atoms with van der Waals surface area (Å²) in [6.45, 7) is 8.88. The van der Waals surface area contributed by atoms with Crippen LogP contribution in [0.25, 0.3) is 0 Å². The monoisotopic (exact) mass is 127 g/mol. The van der Waals surface area contributed by atoms with Crippen LogP contribution in [0.1, 0.15) is 33.1 Å². The molecule has 0 heterocycles. The number of rotatable bonds is 5. The molecule has 0 saturated carbocycles. The van der Waals surface area contributed by atoms with Crippen molar-refractivity contribution in [3.05, 3.63) is 0 Å². The third-order valence-electron chi connectivity index (χ3n) is 1.71. The Morgan fingerprint density at radius 1 is 1.56 bits per heavy atom. The normalized spacial score (nSPS) is 13.1. The van der Waals surface area contributed by atoms with Crippen molar-refractivity contribution in [2.75, 3.05) is 6.54 Å². The van der Waals surface area contributed by atoms with E-state index in [4.69, 9.17) is 0 Å². The summed E-state index contributed by atoms with van der Waals surface area (Å²) >= 11 is 0. The zero-order valence-corrected chi connectivity index (χ0v) is 6.56. The molecule has 0 aliphatic heterocycles. The summed E-state index contributed by atoms with van der Waals surface area (Å²) in [7, 11) is 0. The highest BCUT2D eigenvalue weighted by atomic mass is 14.7. The van der Waals surface area contributed by atoms with E-state index < -0.39 is 0 Å². The summed E-state index contributed by atoms with van der Waals surface area (Å²) in [5, 5.41) is 0. The lowest BCUT2D eigenvalue weighted by molar-refractivity contribution is 0.500. The molecule has 0 aliphatic rings. The number of hydrogen-bond acceptors (Lipinski definition) is 1. The van der Waals surface area contributed by atoms with E-state index in [0.717, 1.165) is 12.5 Å². The second-order valence-electron chi connectivity index (χ2n) is 2.60. The molecule has 0 amide bonds. The van der Waals surface area contributed by atoms with Gasteiger partial charge in [-0.3, -0.25) is 0 Å². The van der Waals surface area contributed by atoms with Crippen LogP contribution in [0.3, 0.4) is 0 Å². The van der Waals surface area contributed by atoms with Crippen molar-refractivity contribution in [2.24, 2.45) is 10.9 Å². The van der Waals surface area contributed by atoms with Crippen molar-refractivity contribution in [3.63, 3.8) is 0 Å². The Labute approximate surface area is 58.2 Å². The van der Waals surface area contributed by atoms with E-state index in [1.165, 1.54) is 19.3 Å². The number of nitrogens with zero attached hydrogens (tertiary/aromatic N) is 1. The van der Waals surface area contributed by atoms with E-state index in [1.54, 1.807) is 0 Å². The molecular weight excluding hydrogens is 110 g/mol. The quantitative estimate of drug-likeness (QED) is 0.397.